The molecule has 1 atom stereocenters. The molecule has 0 fully saturated rings. The van der Waals surface area contributed by atoms with E-state index in [2.05, 4.69) is 5.32 Å². The number of carbonyl (C=O) groups excluding carboxylic acids is 2. The van der Waals surface area contributed by atoms with E-state index in [1.807, 2.05) is 0 Å². The number of halogens is 1. The molecule has 1 amide bonds. The topological polar surface area (TPSA) is 73.9 Å². The van der Waals surface area contributed by atoms with Crippen LogP contribution in [-0.2, 0) is 9.53 Å². The molecule has 0 saturated heterocycles. The van der Waals surface area contributed by atoms with Crippen molar-refractivity contribution < 1.29 is 28.2 Å². The van der Waals surface area contributed by atoms with Gasteiger partial charge in [-0.3, -0.25) is 4.79 Å². The van der Waals surface area contributed by atoms with Gasteiger partial charge in [0.25, 0.3) is 5.91 Å². The van der Waals surface area contributed by atoms with Crippen LogP contribution in [0, 0.1) is 5.82 Å². The van der Waals surface area contributed by atoms with Crippen molar-refractivity contribution in [3.63, 3.8) is 0 Å². The lowest BCUT2D eigenvalue weighted by Gasteiger charge is -2.19. The maximum atomic E-state index is 13.8. The minimum atomic E-state index is -1.03. The molecule has 6 nitrogen and oxygen atoms in total. The Labute approximate surface area is 163 Å². The van der Waals surface area contributed by atoms with Crippen LogP contribution in [0.5, 0.6) is 11.5 Å². The SMILES string of the molecule is C[C@H](OC(=O)c1cc2c(F)cccc2s1)C(=O)Nc1ccc2c(c1)OCCO2. The van der Waals surface area contributed by atoms with Gasteiger partial charge in [-0.1, -0.05) is 6.07 Å². The lowest BCUT2D eigenvalue weighted by atomic mass is 10.2. The van der Waals surface area contributed by atoms with Gasteiger partial charge in [0.1, 0.15) is 23.9 Å². The van der Waals surface area contributed by atoms with Crippen LogP contribution in [0.3, 0.4) is 0 Å². The summed E-state index contributed by atoms with van der Waals surface area (Å²) in [6.45, 7) is 2.39. The molecule has 144 valence electrons. The Bertz CT molecular complexity index is 1060. The number of thiophene rings is 1. The number of carbonyl (C=O) groups is 2. The van der Waals surface area contributed by atoms with E-state index in [0.717, 1.165) is 11.3 Å². The maximum Gasteiger partial charge on any atom is 0.349 e. The minimum absolute atomic E-state index is 0.235. The zero-order chi connectivity index (χ0) is 19.7. The molecule has 1 aliphatic rings. The number of fused-ring (bicyclic) bond motifs is 2. The van der Waals surface area contributed by atoms with Crippen LogP contribution in [-0.4, -0.2) is 31.2 Å². The van der Waals surface area contributed by atoms with Gasteiger partial charge >= 0.3 is 5.97 Å². The van der Waals surface area contributed by atoms with Crippen molar-refractivity contribution in [3.8, 4) is 11.5 Å². The molecular weight excluding hydrogens is 385 g/mol. The maximum absolute atomic E-state index is 13.8. The van der Waals surface area contributed by atoms with Crippen molar-refractivity contribution in [1.29, 1.82) is 0 Å². The summed E-state index contributed by atoms with van der Waals surface area (Å²) in [6, 6.07) is 11.1. The summed E-state index contributed by atoms with van der Waals surface area (Å²) in [7, 11) is 0. The van der Waals surface area contributed by atoms with Gasteiger partial charge in [0, 0.05) is 21.8 Å². The van der Waals surface area contributed by atoms with Crippen LogP contribution in [0.1, 0.15) is 16.6 Å². The Morgan fingerprint density at radius 2 is 1.93 bits per heavy atom. The van der Waals surface area contributed by atoms with Crippen molar-refractivity contribution in [1.82, 2.24) is 0 Å². The summed E-state index contributed by atoms with van der Waals surface area (Å²) in [6.07, 6.45) is -1.03. The second kappa shape index (κ2) is 7.47. The first-order valence-corrected chi connectivity index (χ1v) is 9.42. The van der Waals surface area contributed by atoms with Gasteiger partial charge in [-0.05, 0) is 37.3 Å². The molecule has 0 radical (unpaired) electrons. The summed E-state index contributed by atoms with van der Waals surface area (Å²) < 4.78 is 30.6. The van der Waals surface area contributed by atoms with Crippen LogP contribution in [0.2, 0.25) is 0 Å². The highest BCUT2D eigenvalue weighted by Crippen LogP contribution is 2.33. The van der Waals surface area contributed by atoms with Crippen LogP contribution in [0.25, 0.3) is 10.1 Å². The third kappa shape index (κ3) is 3.63. The molecule has 0 aliphatic carbocycles. The number of amides is 1. The number of rotatable bonds is 4. The average molecular weight is 401 g/mol. The average Bonchev–Trinajstić information content (AvgIpc) is 3.14. The molecule has 0 saturated carbocycles. The van der Waals surface area contributed by atoms with Gasteiger partial charge in [-0.25, -0.2) is 9.18 Å². The monoisotopic (exact) mass is 401 g/mol. The highest BCUT2D eigenvalue weighted by molar-refractivity contribution is 7.20. The number of esters is 1. The van der Waals surface area contributed by atoms with Crippen molar-refractivity contribution in [2.75, 3.05) is 18.5 Å². The van der Waals surface area contributed by atoms with Gasteiger partial charge in [-0.15, -0.1) is 11.3 Å². The first-order chi connectivity index (χ1) is 13.5. The van der Waals surface area contributed by atoms with E-state index in [-0.39, 0.29) is 4.88 Å². The molecule has 2 heterocycles. The molecule has 1 aromatic heterocycles. The van der Waals surface area contributed by atoms with E-state index >= 15 is 0 Å². The highest BCUT2D eigenvalue weighted by atomic mass is 32.1. The first-order valence-electron chi connectivity index (χ1n) is 8.61. The van der Waals surface area contributed by atoms with E-state index in [1.165, 1.54) is 19.1 Å². The number of ether oxygens (including phenoxy) is 3. The zero-order valence-corrected chi connectivity index (χ0v) is 15.7. The Morgan fingerprint density at radius 3 is 2.71 bits per heavy atom. The van der Waals surface area contributed by atoms with Crippen LogP contribution in [0.4, 0.5) is 10.1 Å². The third-order valence-electron chi connectivity index (χ3n) is 4.17. The number of anilines is 1. The zero-order valence-electron chi connectivity index (χ0n) is 14.9. The predicted octanol–water partition coefficient (Wildman–Crippen LogP) is 4.00. The van der Waals surface area contributed by atoms with E-state index in [1.54, 1.807) is 30.3 Å². The summed E-state index contributed by atoms with van der Waals surface area (Å²) in [5.74, 6) is -0.415. The van der Waals surface area contributed by atoms with Gasteiger partial charge in [-0.2, -0.15) is 0 Å². The fraction of sp³-hybridized carbons (Fsp3) is 0.200. The smallest absolute Gasteiger partial charge is 0.349 e. The summed E-state index contributed by atoms with van der Waals surface area (Å²) in [4.78, 5) is 24.9. The molecule has 0 bridgehead atoms. The number of benzene rings is 2. The molecular formula is C20H16FNO5S. The summed E-state index contributed by atoms with van der Waals surface area (Å²) in [5, 5.41) is 3.03. The van der Waals surface area contributed by atoms with Crippen molar-refractivity contribution in [2.24, 2.45) is 0 Å². The number of nitrogens with one attached hydrogen (secondary N) is 1. The third-order valence-corrected chi connectivity index (χ3v) is 5.25. The molecule has 4 rings (SSSR count). The minimum Gasteiger partial charge on any atom is -0.486 e. The van der Waals surface area contributed by atoms with E-state index in [4.69, 9.17) is 14.2 Å². The van der Waals surface area contributed by atoms with E-state index < -0.39 is 23.8 Å². The largest absolute Gasteiger partial charge is 0.486 e. The fourth-order valence-corrected chi connectivity index (χ4v) is 3.72. The normalized spacial score (nSPS) is 13.8. The molecule has 3 aromatic rings. The lowest BCUT2D eigenvalue weighted by Crippen LogP contribution is -2.29. The van der Waals surface area contributed by atoms with E-state index in [9.17, 15) is 14.0 Å². The van der Waals surface area contributed by atoms with Crippen LogP contribution >= 0.6 is 11.3 Å². The molecule has 8 heteroatoms. The second-order valence-corrected chi connectivity index (χ2v) is 7.24. The van der Waals surface area contributed by atoms with Gasteiger partial charge in [0.2, 0.25) is 0 Å². The first kappa shape index (κ1) is 18.2. The highest BCUT2D eigenvalue weighted by Gasteiger charge is 2.22. The Morgan fingerprint density at radius 1 is 1.14 bits per heavy atom. The van der Waals surface area contributed by atoms with E-state index in [0.29, 0.717) is 40.5 Å². The number of hydrogen-bond acceptors (Lipinski definition) is 6. The molecule has 2 aromatic carbocycles. The number of hydrogen-bond donors (Lipinski definition) is 1. The standard InChI is InChI=1S/C20H16FNO5S/c1-11(19(23)22-12-5-6-15-16(9-12)26-8-7-25-15)27-20(24)18-10-13-14(21)3-2-4-17(13)28-18/h2-6,9-11H,7-8H2,1H3,(H,22,23)/t11-/m0/s1. The fourth-order valence-electron chi connectivity index (χ4n) is 2.76. The molecule has 1 N–H and O–H groups in total. The quantitative estimate of drug-likeness (QED) is 0.669. The molecule has 0 unspecified atom stereocenters. The Kier molecular flexibility index (Phi) is 4.87. The Balaban J connectivity index is 1.42. The van der Waals surface area contributed by atoms with Gasteiger partial charge in [0.05, 0.1) is 0 Å². The Hall–Kier alpha value is -3.13. The molecule has 0 spiro atoms. The van der Waals surface area contributed by atoms with Gasteiger partial charge < -0.3 is 19.5 Å². The second-order valence-electron chi connectivity index (χ2n) is 6.16. The summed E-state index contributed by atoms with van der Waals surface area (Å²) in [5.41, 5.74) is 0.501. The van der Waals surface area contributed by atoms with Crippen LogP contribution < -0.4 is 14.8 Å². The van der Waals surface area contributed by atoms with Crippen molar-refractivity contribution >= 4 is 39.0 Å². The predicted molar refractivity (Wildman–Crippen MR) is 103 cm³/mol. The van der Waals surface area contributed by atoms with Crippen LogP contribution in [0.15, 0.2) is 42.5 Å². The summed E-state index contributed by atoms with van der Waals surface area (Å²) >= 11 is 1.12. The van der Waals surface area contributed by atoms with Crippen molar-refractivity contribution in [3.05, 3.63) is 53.2 Å². The van der Waals surface area contributed by atoms with Gasteiger partial charge in [0.15, 0.2) is 17.6 Å². The lowest BCUT2D eigenvalue weighted by molar-refractivity contribution is -0.123. The van der Waals surface area contributed by atoms with Crippen molar-refractivity contribution in [2.45, 2.75) is 13.0 Å². The molecule has 1 aliphatic heterocycles. The molecule has 28 heavy (non-hydrogen) atoms.